The van der Waals surface area contributed by atoms with E-state index in [-0.39, 0.29) is 5.54 Å². The Morgan fingerprint density at radius 3 is 2.86 bits per heavy atom. The summed E-state index contributed by atoms with van der Waals surface area (Å²) in [5.74, 6) is 0. The van der Waals surface area contributed by atoms with Crippen LogP contribution >= 0.6 is 11.3 Å². The Balaban J connectivity index is 2.02. The van der Waals surface area contributed by atoms with Crippen molar-refractivity contribution in [3.63, 3.8) is 0 Å². The summed E-state index contributed by atoms with van der Waals surface area (Å²) in [5, 5.41) is 12.2. The Bertz CT molecular complexity index is 373. The SMILES string of the molecule is Cc1nc(CN(C)C2(C#N)CC2)cs1. The summed E-state index contributed by atoms with van der Waals surface area (Å²) < 4.78 is 0. The van der Waals surface area contributed by atoms with E-state index >= 15 is 0 Å². The van der Waals surface area contributed by atoms with Crippen molar-refractivity contribution in [1.29, 1.82) is 5.26 Å². The zero-order valence-corrected chi connectivity index (χ0v) is 9.27. The molecule has 1 heterocycles. The second kappa shape index (κ2) is 3.34. The molecule has 0 aromatic carbocycles. The highest BCUT2D eigenvalue weighted by Gasteiger charge is 2.46. The van der Waals surface area contributed by atoms with Gasteiger partial charge in [0.15, 0.2) is 0 Å². The first-order chi connectivity index (χ1) is 6.66. The fraction of sp³-hybridized carbons (Fsp3) is 0.600. The maximum Gasteiger partial charge on any atom is 0.109 e. The number of rotatable bonds is 3. The molecule has 0 bridgehead atoms. The highest BCUT2D eigenvalue weighted by atomic mass is 32.1. The summed E-state index contributed by atoms with van der Waals surface area (Å²) in [5.41, 5.74) is 0.897. The molecule has 1 saturated carbocycles. The lowest BCUT2D eigenvalue weighted by atomic mass is 10.2. The molecule has 0 spiro atoms. The molecule has 1 aliphatic rings. The zero-order chi connectivity index (χ0) is 10.2. The van der Waals surface area contributed by atoms with Crippen LogP contribution in [0.15, 0.2) is 5.38 Å². The Morgan fingerprint density at radius 2 is 2.43 bits per heavy atom. The van der Waals surface area contributed by atoms with E-state index in [2.05, 4.69) is 21.3 Å². The minimum absolute atomic E-state index is 0.183. The van der Waals surface area contributed by atoms with E-state index in [1.165, 1.54) is 0 Å². The van der Waals surface area contributed by atoms with Crippen molar-refractivity contribution < 1.29 is 0 Å². The molecule has 74 valence electrons. The van der Waals surface area contributed by atoms with E-state index in [0.717, 1.165) is 30.1 Å². The molecule has 1 aromatic heterocycles. The van der Waals surface area contributed by atoms with Gasteiger partial charge in [0, 0.05) is 11.9 Å². The monoisotopic (exact) mass is 207 g/mol. The van der Waals surface area contributed by atoms with Crippen LogP contribution in [0, 0.1) is 18.3 Å². The van der Waals surface area contributed by atoms with Crippen LogP contribution in [0.25, 0.3) is 0 Å². The third-order valence-electron chi connectivity index (χ3n) is 2.73. The number of hydrogen-bond acceptors (Lipinski definition) is 4. The molecule has 0 saturated heterocycles. The van der Waals surface area contributed by atoms with E-state index in [1.807, 2.05) is 14.0 Å². The van der Waals surface area contributed by atoms with Gasteiger partial charge in [0.2, 0.25) is 0 Å². The minimum Gasteiger partial charge on any atom is -0.283 e. The standard InChI is InChI=1S/C10H13N3S/c1-8-12-9(6-14-8)5-13(2)10(7-11)3-4-10/h6H,3-5H2,1-2H3. The van der Waals surface area contributed by atoms with Gasteiger partial charge in [0.1, 0.15) is 5.54 Å². The second-order valence-corrected chi connectivity index (χ2v) is 4.92. The fourth-order valence-electron chi connectivity index (χ4n) is 1.57. The average molecular weight is 207 g/mol. The number of nitrogens with zero attached hydrogens (tertiary/aromatic N) is 3. The Labute approximate surface area is 88.0 Å². The summed E-state index contributed by atoms with van der Waals surface area (Å²) in [4.78, 5) is 6.51. The lowest BCUT2D eigenvalue weighted by molar-refractivity contribution is 0.259. The number of thiazole rings is 1. The zero-order valence-electron chi connectivity index (χ0n) is 8.45. The minimum atomic E-state index is -0.183. The Morgan fingerprint density at radius 1 is 1.71 bits per heavy atom. The van der Waals surface area contributed by atoms with Crippen molar-refractivity contribution >= 4 is 11.3 Å². The highest BCUT2D eigenvalue weighted by molar-refractivity contribution is 7.09. The molecule has 0 amide bonds. The van der Waals surface area contributed by atoms with E-state index < -0.39 is 0 Å². The largest absolute Gasteiger partial charge is 0.283 e. The van der Waals surface area contributed by atoms with Gasteiger partial charge in [0.05, 0.1) is 16.8 Å². The molecule has 0 N–H and O–H groups in total. The van der Waals surface area contributed by atoms with Gasteiger partial charge in [-0.15, -0.1) is 11.3 Å². The summed E-state index contributed by atoms with van der Waals surface area (Å²) in [6, 6.07) is 2.38. The molecule has 1 aromatic rings. The average Bonchev–Trinajstić information content (AvgIpc) is 2.87. The summed E-state index contributed by atoms with van der Waals surface area (Å²) >= 11 is 1.66. The summed E-state index contributed by atoms with van der Waals surface area (Å²) in [6.45, 7) is 2.79. The second-order valence-electron chi connectivity index (χ2n) is 3.86. The van der Waals surface area contributed by atoms with Crippen molar-refractivity contribution in [3.8, 4) is 6.07 Å². The normalized spacial score (nSPS) is 18.1. The smallest absolute Gasteiger partial charge is 0.109 e. The molecule has 0 radical (unpaired) electrons. The first-order valence-corrected chi connectivity index (χ1v) is 5.58. The van der Waals surface area contributed by atoms with Gasteiger partial charge in [-0.05, 0) is 26.8 Å². The molecular weight excluding hydrogens is 194 g/mol. The first kappa shape index (κ1) is 9.63. The van der Waals surface area contributed by atoms with Crippen molar-refractivity contribution in [2.24, 2.45) is 0 Å². The molecule has 0 aliphatic heterocycles. The molecule has 3 nitrogen and oxygen atoms in total. The third-order valence-corrected chi connectivity index (χ3v) is 3.55. The van der Waals surface area contributed by atoms with Crippen molar-refractivity contribution in [1.82, 2.24) is 9.88 Å². The third kappa shape index (κ3) is 1.66. The number of aromatic nitrogens is 1. The molecule has 1 fully saturated rings. The topological polar surface area (TPSA) is 39.9 Å². The molecule has 1 aliphatic carbocycles. The van der Waals surface area contributed by atoms with Crippen LogP contribution in [0.3, 0.4) is 0 Å². The van der Waals surface area contributed by atoms with Gasteiger partial charge in [-0.2, -0.15) is 5.26 Å². The van der Waals surface area contributed by atoms with E-state index in [0.29, 0.717) is 0 Å². The maximum atomic E-state index is 9.00. The van der Waals surface area contributed by atoms with E-state index in [9.17, 15) is 0 Å². The van der Waals surface area contributed by atoms with Gasteiger partial charge in [-0.1, -0.05) is 0 Å². The van der Waals surface area contributed by atoms with E-state index in [1.54, 1.807) is 11.3 Å². The van der Waals surface area contributed by atoms with Crippen LogP contribution in [-0.4, -0.2) is 22.5 Å². The fourth-order valence-corrected chi connectivity index (χ4v) is 2.18. The van der Waals surface area contributed by atoms with Gasteiger partial charge in [0.25, 0.3) is 0 Å². The summed E-state index contributed by atoms with van der Waals surface area (Å²) in [6.07, 6.45) is 2.01. The van der Waals surface area contributed by atoms with Crippen molar-refractivity contribution in [3.05, 3.63) is 16.1 Å². The van der Waals surface area contributed by atoms with Crippen LogP contribution in [0.5, 0.6) is 0 Å². The van der Waals surface area contributed by atoms with Gasteiger partial charge in [-0.3, -0.25) is 4.90 Å². The number of nitriles is 1. The summed E-state index contributed by atoms with van der Waals surface area (Å²) in [7, 11) is 2.00. The first-order valence-electron chi connectivity index (χ1n) is 4.70. The van der Waals surface area contributed by atoms with Crippen LogP contribution in [0.1, 0.15) is 23.5 Å². The maximum absolute atomic E-state index is 9.00. The molecule has 14 heavy (non-hydrogen) atoms. The predicted octanol–water partition coefficient (Wildman–Crippen LogP) is 1.94. The van der Waals surface area contributed by atoms with Crippen LogP contribution in [0.4, 0.5) is 0 Å². The van der Waals surface area contributed by atoms with Gasteiger partial charge < -0.3 is 0 Å². The van der Waals surface area contributed by atoms with Crippen LogP contribution in [0.2, 0.25) is 0 Å². The molecule has 0 atom stereocenters. The number of hydrogen-bond donors (Lipinski definition) is 0. The van der Waals surface area contributed by atoms with E-state index in [4.69, 9.17) is 5.26 Å². The number of aryl methyl sites for hydroxylation is 1. The predicted molar refractivity (Wildman–Crippen MR) is 55.9 cm³/mol. The molecule has 0 unspecified atom stereocenters. The molecule has 2 rings (SSSR count). The Kier molecular flexibility index (Phi) is 2.30. The van der Waals surface area contributed by atoms with Crippen LogP contribution < -0.4 is 0 Å². The quantitative estimate of drug-likeness (QED) is 0.760. The van der Waals surface area contributed by atoms with Crippen molar-refractivity contribution in [2.75, 3.05) is 7.05 Å². The highest BCUT2D eigenvalue weighted by Crippen LogP contribution is 2.40. The van der Waals surface area contributed by atoms with Gasteiger partial charge >= 0.3 is 0 Å². The van der Waals surface area contributed by atoms with Gasteiger partial charge in [-0.25, -0.2) is 4.98 Å². The lowest BCUT2D eigenvalue weighted by Crippen LogP contribution is -2.31. The molecule has 4 heteroatoms. The van der Waals surface area contributed by atoms with Crippen LogP contribution in [-0.2, 0) is 6.54 Å². The van der Waals surface area contributed by atoms with Crippen molar-refractivity contribution in [2.45, 2.75) is 31.8 Å². The lowest BCUT2D eigenvalue weighted by Gasteiger charge is -2.20. The Hall–Kier alpha value is -0.920. The molecular formula is C10H13N3S.